The highest BCUT2D eigenvalue weighted by molar-refractivity contribution is 7.99. The van der Waals surface area contributed by atoms with Gasteiger partial charge in [0, 0.05) is 11.9 Å². The van der Waals surface area contributed by atoms with Gasteiger partial charge in [0.25, 0.3) is 0 Å². The fraction of sp³-hybridized carbons (Fsp3) is 0.214. The highest BCUT2D eigenvalue weighted by atomic mass is 32.2. The van der Waals surface area contributed by atoms with Gasteiger partial charge >= 0.3 is 0 Å². The second-order valence-corrected chi connectivity index (χ2v) is 4.87. The molecule has 0 aliphatic heterocycles. The zero-order valence-electron chi connectivity index (χ0n) is 9.39. The smallest absolute Gasteiger partial charge is 0.0960 e. The lowest BCUT2D eigenvalue weighted by atomic mass is 10.2. The third-order valence-corrected chi connectivity index (χ3v) is 3.31. The predicted molar refractivity (Wildman–Crippen MR) is 69.8 cm³/mol. The number of hydrogen-bond donors (Lipinski definition) is 0. The second-order valence-electron chi connectivity index (χ2n) is 3.76. The van der Waals surface area contributed by atoms with Crippen molar-refractivity contribution in [2.75, 3.05) is 5.75 Å². The average Bonchev–Trinajstić information content (AvgIpc) is 2.33. The van der Waals surface area contributed by atoms with Gasteiger partial charge in [-0.15, -0.1) is 11.8 Å². The Labute approximate surface area is 101 Å². The van der Waals surface area contributed by atoms with Crippen molar-refractivity contribution in [1.82, 2.24) is 4.98 Å². The lowest BCUT2D eigenvalue weighted by Gasteiger charge is -2.01. The van der Waals surface area contributed by atoms with Gasteiger partial charge in [0.05, 0.1) is 5.03 Å². The van der Waals surface area contributed by atoms with Gasteiger partial charge in [-0.25, -0.2) is 4.98 Å². The predicted octanol–water partition coefficient (Wildman–Crippen LogP) is 3.72. The van der Waals surface area contributed by atoms with E-state index >= 15 is 0 Å². The summed E-state index contributed by atoms with van der Waals surface area (Å²) in [5.74, 6) is 1.08. The van der Waals surface area contributed by atoms with E-state index in [1.807, 2.05) is 18.0 Å². The molecule has 0 aliphatic carbocycles. The number of thioether (sulfide) groups is 1. The number of aromatic nitrogens is 1. The first-order valence-electron chi connectivity index (χ1n) is 5.44. The molecule has 0 atom stereocenters. The normalized spacial score (nSPS) is 10.3. The lowest BCUT2D eigenvalue weighted by Crippen LogP contribution is -1.89. The van der Waals surface area contributed by atoms with Gasteiger partial charge in [-0.1, -0.05) is 36.4 Å². The molecule has 2 aromatic rings. The first kappa shape index (κ1) is 11.2. The Morgan fingerprint density at radius 1 is 1.06 bits per heavy atom. The van der Waals surface area contributed by atoms with Crippen molar-refractivity contribution in [2.45, 2.75) is 18.4 Å². The number of aryl methyl sites for hydroxylation is 2. The van der Waals surface area contributed by atoms with Crippen molar-refractivity contribution in [3.05, 3.63) is 59.8 Å². The Morgan fingerprint density at radius 2 is 1.88 bits per heavy atom. The van der Waals surface area contributed by atoms with Crippen molar-refractivity contribution in [2.24, 2.45) is 0 Å². The molecule has 0 saturated heterocycles. The minimum atomic E-state index is 1.08. The highest BCUT2D eigenvalue weighted by Crippen LogP contribution is 2.16. The summed E-state index contributed by atoms with van der Waals surface area (Å²) < 4.78 is 0. The highest BCUT2D eigenvalue weighted by Gasteiger charge is 1.96. The molecule has 0 spiro atoms. The van der Waals surface area contributed by atoms with Crippen molar-refractivity contribution in [1.29, 1.82) is 0 Å². The van der Waals surface area contributed by atoms with Crippen LogP contribution in [0, 0.1) is 6.92 Å². The lowest BCUT2D eigenvalue weighted by molar-refractivity contribution is 1.09. The summed E-state index contributed by atoms with van der Waals surface area (Å²) in [5.41, 5.74) is 2.61. The van der Waals surface area contributed by atoms with E-state index in [0.717, 1.165) is 17.2 Å². The van der Waals surface area contributed by atoms with E-state index < -0.39 is 0 Å². The summed E-state index contributed by atoms with van der Waals surface area (Å²) in [5, 5.41) is 1.11. The third kappa shape index (κ3) is 3.38. The van der Waals surface area contributed by atoms with Gasteiger partial charge < -0.3 is 0 Å². The molecule has 2 rings (SSSR count). The van der Waals surface area contributed by atoms with Crippen LogP contribution >= 0.6 is 11.8 Å². The van der Waals surface area contributed by atoms with Crippen LogP contribution in [0.3, 0.4) is 0 Å². The SMILES string of the molecule is Cc1ccc(SCCc2ccccc2)nc1. The van der Waals surface area contributed by atoms with E-state index in [-0.39, 0.29) is 0 Å². The summed E-state index contributed by atoms with van der Waals surface area (Å²) >= 11 is 1.81. The second kappa shape index (κ2) is 5.71. The topological polar surface area (TPSA) is 12.9 Å². The molecular formula is C14H15NS. The van der Waals surface area contributed by atoms with Crippen molar-refractivity contribution >= 4 is 11.8 Å². The molecule has 0 unspecified atom stereocenters. The van der Waals surface area contributed by atoms with Crippen LogP contribution in [-0.2, 0) is 6.42 Å². The molecule has 1 heterocycles. The summed E-state index contributed by atoms with van der Waals surface area (Å²) in [6, 6.07) is 14.8. The van der Waals surface area contributed by atoms with Crippen LogP contribution in [0.2, 0.25) is 0 Å². The molecule has 0 N–H and O–H groups in total. The number of pyridine rings is 1. The molecule has 0 saturated carbocycles. The van der Waals surface area contributed by atoms with Gasteiger partial charge in [-0.2, -0.15) is 0 Å². The molecule has 1 aromatic heterocycles. The quantitative estimate of drug-likeness (QED) is 0.741. The Bertz CT molecular complexity index is 422. The summed E-state index contributed by atoms with van der Waals surface area (Å²) in [6.45, 7) is 2.06. The maximum atomic E-state index is 4.37. The minimum absolute atomic E-state index is 1.08. The van der Waals surface area contributed by atoms with Gasteiger partial charge in [0.2, 0.25) is 0 Å². The van der Waals surface area contributed by atoms with Crippen LogP contribution in [0.1, 0.15) is 11.1 Å². The standard InChI is InChI=1S/C14H15NS/c1-12-7-8-14(15-11-12)16-10-9-13-5-3-2-4-6-13/h2-8,11H,9-10H2,1H3. The van der Waals surface area contributed by atoms with Crippen LogP contribution < -0.4 is 0 Å². The zero-order valence-corrected chi connectivity index (χ0v) is 10.2. The molecular weight excluding hydrogens is 214 g/mol. The molecule has 0 bridgehead atoms. The van der Waals surface area contributed by atoms with Gasteiger partial charge in [0.1, 0.15) is 0 Å². The van der Waals surface area contributed by atoms with E-state index in [4.69, 9.17) is 0 Å². The Hall–Kier alpha value is -1.28. The van der Waals surface area contributed by atoms with Crippen LogP contribution in [0.15, 0.2) is 53.7 Å². The van der Waals surface area contributed by atoms with E-state index in [0.29, 0.717) is 0 Å². The van der Waals surface area contributed by atoms with E-state index in [1.54, 1.807) is 0 Å². The molecule has 2 heteroatoms. The maximum absolute atomic E-state index is 4.37. The first-order chi connectivity index (χ1) is 7.84. The maximum Gasteiger partial charge on any atom is 0.0960 e. The minimum Gasteiger partial charge on any atom is -0.250 e. The number of rotatable bonds is 4. The number of benzene rings is 1. The Balaban J connectivity index is 1.82. The van der Waals surface area contributed by atoms with Gasteiger partial charge in [0.15, 0.2) is 0 Å². The largest absolute Gasteiger partial charge is 0.250 e. The molecule has 16 heavy (non-hydrogen) atoms. The molecule has 0 fully saturated rings. The monoisotopic (exact) mass is 229 g/mol. The van der Waals surface area contributed by atoms with Crippen molar-refractivity contribution in [3.63, 3.8) is 0 Å². The van der Waals surface area contributed by atoms with Crippen LogP contribution in [0.5, 0.6) is 0 Å². The van der Waals surface area contributed by atoms with E-state index in [1.165, 1.54) is 11.1 Å². The summed E-state index contributed by atoms with van der Waals surface area (Å²) in [4.78, 5) is 4.37. The molecule has 1 aromatic carbocycles. The number of hydrogen-bond acceptors (Lipinski definition) is 2. The zero-order chi connectivity index (χ0) is 11.2. The molecule has 0 aliphatic rings. The Kier molecular flexibility index (Phi) is 4.00. The van der Waals surface area contributed by atoms with Crippen LogP contribution in [0.25, 0.3) is 0 Å². The van der Waals surface area contributed by atoms with Crippen molar-refractivity contribution in [3.8, 4) is 0 Å². The van der Waals surface area contributed by atoms with Crippen molar-refractivity contribution < 1.29 is 0 Å². The average molecular weight is 229 g/mol. The van der Waals surface area contributed by atoms with E-state index in [9.17, 15) is 0 Å². The van der Waals surface area contributed by atoms with Gasteiger partial charge in [-0.3, -0.25) is 0 Å². The molecule has 1 nitrogen and oxygen atoms in total. The number of nitrogens with zero attached hydrogens (tertiary/aromatic N) is 1. The summed E-state index contributed by atoms with van der Waals surface area (Å²) in [6.07, 6.45) is 3.02. The van der Waals surface area contributed by atoms with Crippen LogP contribution in [-0.4, -0.2) is 10.7 Å². The van der Waals surface area contributed by atoms with E-state index in [2.05, 4.69) is 54.4 Å². The Morgan fingerprint density at radius 3 is 2.56 bits per heavy atom. The molecule has 0 radical (unpaired) electrons. The van der Waals surface area contributed by atoms with Crippen LogP contribution in [0.4, 0.5) is 0 Å². The molecule has 82 valence electrons. The molecule has 0 amide bonds. The fourth-order valence-corrected chi connectivity index (χ4v) is 2.30. The first-order valence-corrected chi connectivity index (χ1v) is 6.42. The fourth-order valence-electron chi connectivity index (χ4n) is 1.46. The summed E-state index contributed by atoms with van der Waals surface area (Å²) in [7, 11) is 0. The third-order valence-electron chi connectivity index (χ3n) is 2.37. The van der Waals surface area contributed by atoms with Gasteiger partial charge in [-0.05, 0) is 30.5 Å².